The van der Waals surface area contributed by atoms with Gasteiger partial charge in [0.1, 0.15) is 6.04 Å². The molecule has 0 saturated carbocycles. The summed E-state index contributed by atoms with van der Waals surface area (Å²) in [4.78, 5) is 31.4. The van der Waals surface area contributed by atoms with Crippen LogP contribution < -0.4 is 5.32 Å². The lowest BCUT2D eigenvalue weighted by molar-refractivity contribution is -0.145. The number of aromatic nitrogens is 1. The van der Waals surface area contributed by atoms with Crippen LogP contribution in [0.25, 0.3) is 0 Å². The van der Waals surface area contributed by atoms with E-state index < -0.39 is 12.0 Å². The Hall–Kier alpha value is -1.96. The second-order valence-corrected chi connectivity index (χ2v) is 8.12. The van der Waals surface area contributed by atoms with E-state index in [0.717, 1.165) is 16.3 Å². The Morgan fingerprint density at radius 3 is 2.85 bits per heavy atom. The van der Waals surface area contributed by atoms with E-state index in [1.54, 1.807) is 17.4 Å². The number of esters is 1. The molecule has 0 unspecified atom stereocenters. The zero-order chi connectivity index (χ0) is 19.6. The summed E-state index contributed by atoms with van der Waals surface area (Å²) in [5.41, 5.74) is 1.74. The number of methoxy groups -OCH3 is 1. The predicted molar refractivity (Wildman–Crippen MR) is 105 cm³/mol. The molecule has 1 saturated heterocycles. The van der Waals surface area contributed by atoms with Crippen LogP contribution in [-0.2, 0) is 20.9 Å². The number of ether oxygens (including phenoxy) is 1. The van der Waals surface area contributed by atoms with Crippen LogP contribution >= 0.6 is 22.9 Å². The highest BCUT2D eigenvalue weighted by molar-refractivity contribution is 7.09. The van der Waals surface area contributed by atoms with Gasteiger partial charge < -0.3 is 10.1 Å². The molecule has 1 aliphatic rings. The van der Waals surface area contributed by atoms with Gasteiger partial charge in [-0.15, -0.1) is 11.3 Å². The third kappa shape index (κ3) is 4.31. The fourth-order valence-corrected chi connectivity index (χ4v) is 4.43. The van der Waals surface area contributed by atoms with E-state index in [4.69, 9.17) is 16.3 Å². The molecule has 1 aromatic heterocycles. The molecule has 1 aromatic carbocycles. The number of hydrogen-bond donors (Lipinski definition) is 1. The van der Waals surface area contributed by atoms with Crippen LogP contribution in [-0.4, -0.2) is 42.0 Å². The quantitative estimate of drug-likeness (QED) is 0.771. The first-order chi connectivity index (χ1) is 12.9. The highest BCUT2D eigenvalue weighted by atomic mass is 35.5. The third-order valence-corrected chi connectivity index (χ3v) is 5.96. The van der Waals surface area contributed by atoms with Gasteiger partial charge in [0.05, 0.1) is 30.3 Å². The molecule has 0 aliphatic carbocycles. The maximum Gasteiger partial charge on any atom is 0.323 e. The first-order valence-corrected chi connectivity index (χ1v) is 9.90. The number of benzene rings is 1. The Morgan fingerprint density at radius 2 is 2.22 bits per heavy atom. The molecule has 3 rings (SSSR count). The summed E-state index contributed by atoms with van der Waals surface area (Å²) >= 11 is 7.70. The van der Waals surface area contributed by atoms with Gasteiger partial charge in [-0.2, -0.15) is 0 Å². The van der Waals surface area contributed by atoms with Gasteiger partial charge in [-0.05, 0) is 38.1 Å². The minimum atomic E-state index is -0.476. The van der Waals surface area contributed by atoms with Crippen molar-refractivity contribution in [3.63, 3.8) is 0 Å². The van der Waals surface area contributed by atoms with Gasteiger partial charge in [-0.3, -0.25) is 14.5 Å². The fraction of sp³-hybridized carbons (Fsp3) is 0.421. The van der Waals surface area contributed by atoms with E-state index >= 15 is 0 Å². The second-order valence-electron chi connectivity index (χ2n) is 6.62. The lowest BCUT2D eigenvalue weighted by atomic mass is 9.92. The number of nitrogens with one attached hydrogen (secondary N) is 1. The molecular formula is C19H22ClN3O3S. The van der Waals surface area contributed by atoms with Gasteiger partial charge in [0.15, 0.2) is 0 Å². The minimum absolute atomic E-state index is 0.108. The molecule has 2 heterocycles. The van der Waals surface area contributed by atoms with Gasteiger partial charge in [0, 0.05) is 16.4 Å². The van der Waals surface area contributed by atoms with E-state index in [1.165, 1.54) is 7.11 Å². The first-order valence-electron chi connectivity index (χ1n) is 8.64. The van der Waals surface area contributed by atoms with Crippen LogP contribution in [0.5, 0.6) is 0 Å². The van der Waals surface area contributed by atoms with Crippen LogP contribution in [0, 0.1) is 12.8 Å². The molecule has 0 radical (unpaired) electrons. The molecule has 144 valence electrons. The fourth-order valence-electron chi connectivity index (χ4n) is 3.62. The summed E-state index contributed by atoms with van der Waals surface area (Å²) in [7, 11) is 3.20. The lowest BCUT2D eigenvalue weighted by Gasteiger charge is -2.27. The van der Waals surface area contributed by atoms with Crippen molar-refractivity contribution in [3.05, 3.63) is 50.9 Å². The molecule has 3 atom stereocenters. The third-order valence-electron chi connectivity index (χ3n) is 4.90. The van der Waals surface area contributed by atoms with Gasteiger partial charge in [-0.25, -0.2) is 4.98 Å². The van der Waals surface area contributed by atoms with Gasteiger partial charge in [-0.1, -0.05) is 23.7 Å². The van der Waals surface area contributed by atoms with Crippen molar-refractivity contribution in [1.82, 2.24) is 15.2 Å². The number of hydrogen-bond acceptors (Lipinski definition) is 6. The number of halogens is 1. The number of amides is 1. The average Bonchev–Trinajstić information content (AvgIpc) is 3.22. The summed E-state index contributed by atoms with van der Waals surface area (Å²) < 4.78 is 4.93. The molecule has 0 spiro atoms. The Bertz CT molecular complexity index is 841. The zero-order valence-electron chi connectivity index (χ0n) is 15.4. The average molecular weight is 408 g/mol. The first kappa shape index (κ1) is 19.8. The normalized spacial score (nSPS) is 22.6. The highest BCUT2D eigenvalue weighted by Crippen LogP contribution is 2.41. The number of rotatable bonds is 5. The summed E-state index contributed by atoms with van der Waals surface area (Å²) in [5, 5.41) is 6.45. The standard InChI is InChI=1S/C19H22ClN3O3S/c1-11-22-14(10-27-11)9-21-18(24)15-8-16(19(25)26-3)23(2)17(15)12-5-4-6-13(20)7-12/h4-7,10,15-17H,8-9H2,1-3H3,(H,21,24)/t15-,16-,17-/m1/s1. The van der Waals surface area contributed by atoms with Crippen LogP contribution in [0.1, 0.15) is 28.7 Å². The predicted octanol–water partition coefficient (Wildman–Crippen LogP) is 2.96. The summed E-state index contributed by atoms with van der Waals surface area (Å²) in [6.45, 7) is 2.30. The number of carbonyl (C=O) groups is 2. The molecule has 2 aromatic rings. The molecule has 8 heteroatoms. The number of likely N-dealkylation sites (N-methyl/N-ethyl adjacent to an activating group) is 1. The van der Waals surface area contributed by atoms with Crippen LogP contribution in [0.2, 0.25) is 5.02 Å². The molecule has 0 bridgehead atoms. The Kier molecular flexibility index (Phi) is 6.14. The number of likely N-dealkylation sites (tertiary alicyclic amines) is 1. The van der Waals surface area contributed by atoms with Crippen LogP contribution in [0.15, 0.2) is 29.6 Å². The summed E-state index contributed by atoms with van der Waals surface area (Å²) in [5.74, 6) is -0.837. The Balaban J connectivity index is 1.82. The van der Waals surface area contributed by atoms with E-state index in [2.05, 4.69) is 10.3 Å². The van der Waals surface area contributed by atoms with Crippen molar-refractivity contribution < 1.29 is 14.3 Å². The molecule has 1 fully saturated rings. The van der Waals surface area contributed by atoms with E-state index in [-0.39, 0.29) is 17.9 Å². The maximum atomic E-state index is 12.9. The number of nitrogens with zero attached hydrogens (tertiary/aromatic N) is 2. The number of carbonyl (C=O) groups excluding carboxylic acids is 2. The van der Waals surface area contributed by atoms with E-state index in [1.807, 2.05) is 42.5 Å². The van der Waals surface area contributed by atoms with Crippen molar-refractivity contribution in [3.8, 4) is 0 Å². The maximum absolute atomic E-state index is 12.9. The molecule has 1 amide bonds. The molecule has 27 heavy (non-hydrogen) atoms. The molecular weight excluding hydrogens is 386 g/mol. The van der Waals surface area contributed by atoms with Crippen molar-refractivity contribution in [2.24, 2.45) is 5.92 Å². The summed E-state index contributed by atoms with van der Waals surface area (Å²) in [6, 6.07) is 6.67. The van der Waals surface area contributed by atoms with E-state index in [0.29, 0.717) is 18.0 Å². The molecule has 6 nitrogen and oxygen atoms in total. The van der Waals surface area contributed by atoms with Crippen molar-refractivity contribution >= 4 is 34.8 Å². The zero-order valence-corrected chi connectivity index (χ0v) is 17.0. The van der Waals surface area contributed by atoms with Gasteiger partial charge in [0.25, 0.3) is 0 Å². The van der Waals surface area contributed by atoms with Crippen LogP contribution in [0.3, 0.4) is 0 Å². The molecule has 1 N–H and O–H groups in total. The minimum Gasteiger partial charge on any atom is -0.468 e. The highest BCUT2D eigenvalue weighted by Gasteiger charge is 2.46. The number of aryl methyl sites for hydroxylation is 1. The number of thiazole rings is 1. The van der Waals surface area contributed by atoms with Crippen molar-refractivity contribution in [1.29, 1.82) is 0 Å². The van der Waals surface area contributed by atoms with E-state index in [9.17, 15) is 9.59 Å². The Labute approximate surface area is 167 Å². The largest absolute Gasteiger partial charge is 0.468 e. The monoisotopic (exact) mass is 407 g/mol. The lowest BCUT2D eigenvalue weighted by Crippen LogP contribution is -2.36. The van der Waals surface area contributed by atoms with Gasteiger partial charge >= 0.3 is 5.97 Å². The topological polar surface area (TPSA) is 71.5 Å². The van der Waals surface area contributed by atoms with Crippen molar-refractivity contribution in [2.45, 2.75) is 32.0 Å². The second kappa shape index (κ2) is 8.37. The smallest absolute Gasteiger partial charge is 0.323 e. The summed E-state index contributed by atoms with van der Waals surface area (Å²) in [6.07, 6.45) is 0.391. The van der Waals surface area contributed by atoms with Crippen LogP contribution in [0.4, 0.5) is 0 Å². The SMILES string of the molecule is COC(=O)[C@H]1C[C@@H](C(=O)NCc2csc(C)n2)[C@@H](c2cccc(Cl)c2)N1C. The Morgan fingerprint density at radius 1 is 1.44 bits per heavy atom. The van der Waals surface area contributed by atoms with Gasteiger partial charge in [0.2, 0.25) is 5.91 Å². The molecule has 1 aliphatic heterocycles. The van der Waals surface area contributed by atoms with Crippen molar-refractivity contribution in [2.75, 3.05) is 14.2 Å².